The summed E-state index contributed by atoms with van der Waals surface area (Å²) in [5, 5.41) is 3.40. The highest BCUT2D eigenvalue weighted by Gasteiger charge is 2.11. The first-order valence-electron chi connectivity index (χ1n) is 7.27. The van der Waals surface area contributed by atoms with Crippen molar-refractivity contribution in [2.75, 3.05) is 13.1 Å². The van der Waals surface area contributed by atoms with Crippen molar-refractivity contribution in [2.45, 2.75) is 60.8 Å². The molecule has 0 saturated heterocycles. The summed E-state index contributed by atoms with van der Waals surface area (Å²) in [7, 11) is 0. The van der Waals surface area contributed by atoms with Gasteiger partial charge in [0.15, 0.2) is 0 Å². The Kier molecular flexibility index (Phi) is 5.87. The summed E-state index contributed by atoms with van der Waals surface area (Å²) in [4.78, 5) is 0. The van der Waals surface area contributed by atoms with Crippen molar-refractivity contribution in [1.29, 1.82) is 0 Å². The standard InChI is InChI=1S/C17H29N/c1-7-18-11-9-8-10-17-15(5)13(3)12(2)14(4)16(17)6/h18H,7-11H2,1-6H3. The molecular formula is C17H29N. The zero-order chi connectivity index (χ0) is 13.7. The molecule has 1 aromatic carbocycles. The van der Waals surface area contributed by atoms with E-state index in [0.717, 1.165) is 13.1 Å². The second-order valence-corrected chi connectivity index (χ2v) is 5.41. The summed E-state index contributed by atoms with van der Waals surface area (Å²) in [6.45, 7) is 15.8. The summed E-state index contributed by atoms with van der Waals surface area (Å²) in [6.07, 6.45) is 3.79. The van der Waals surface area contributed by atoms with Crippen LogP contribution >= 0.6 is 0 Å². The molecule has 0 spiro atoms. The third-order valence-electron chi connectivity index (χ3n) is 4.44. The molecular weight excluding hydrogens is 218 g/mol. The molecule has 0 amide bonds. The van der Waals surface area contributed by atoms with Gasteiger partial charge in [0, 0.05) is 0 Å². The third-order valence-corrected chi connectivity index (χ3v) is 4.44. The molecule has 0 atom stereocenters. The third kappa shape index (κ3) is 3.35. The van der Waals surface area contributed by atoms with Gasteiger partial charge in [-0.15, -0.1) is 0 Å². The van der Waals surface area contributed by atoms with Crippen LogP contribution in [0.15, 0.2) is 0 Å². The fraction of sp³-hybridized carbons (Fsp3) is 0.647. The lowest BCUT2D eigenvalue weighted by Gasteiger charge is -2.18. The Morgan fingerprint density at radius 2 is 1.22 bits per heavy atom. The highest BCUT2D eigenvalue weighted by atomic mass is 14.8. The Balaban J connectivity index is 2.77. The summed E-state index contributed by atoms with van der Waals surface area (Å²) in [5.74, 6) is 0. The van der Waals surface area contributed by atoms with Crippen LogP contribution in [0, 0.1) is 34.6 Å². The van der Waals surface area contributed by atoms with Crippen LogP contribution in [0.25, 0.3) is 0 Å². The summed E-state index contributed by atoms with van der Waals surface area (Å²) in [5.41, 5.74) is 9.06. The molecule has 0 aliphatic carbocycles. The maximum absolute atomic E-state index is 3.40. The number of rotatable bonds is 6. The van der Waals surface area contributed by atoms with Gasteiger partial charge in [-0.3, -0.25) is 0 Å². The normalized spacial score (nSPS) is 11.0. The molecule has 1 aromatic rings. The monoisotopic (exact) mass is 247 g/mol. The molecule has 1 nitrogen and oxygen atoms in total. The van der Waals surface area contributed by atoms with Crippen molar-refractivity contribution in [3.63, 3.8) is 0 Å². The summed E-state index contributed by atoms with van der Waals surface area (Å²) < 4.78 is 0. The minimum absolute atomic E-state index is 1.08. The Morgan fingerprint density at radius 1 is 0.722 bits per heavy atom. The van der Waals surface area contributed by atoms with Crippen LogP contribution in [0.1, 0.15) is 53.1 Å². The van der Waals surface area contributed by atoms with E-state index in [1.165, 1.54) is 47.1 Å². The van der Waals surface area contributed by atoms with Crippen molar-refractivity contribution in [1.82, 2.24) is 5.32 Å². The van der Waals surface area contributed by atoms with Crippen LogP contribution in [0.4, 0.5) is 0 Å². The van der Waals surface area contributed by atoms with Gasteiger partial charge in [-0.1, -0.05) is 6.92 Å². The van der Waals surface area contributed by atoms with E-state index in [0.29, 0.717) is 0 Å². The van der Waals surface area contributed by atoms with Gasteiger partial charge in [-0.05, 0) is 100 Å². The van der Waals surface area contributed by atoms with Crippen molar-refractivity contribution >= 4 is 0 Å². The van der Waals surface area contributed by atoms with Crippen LogP contribution in [-0.4, -0.2) is 13.1 Å². The molecule has 18 heavy (non-hydrogen) atoms. The molecule has 1 N–H and O–H groups in total. The zero-order valence-corrected chi connectivity index (χ0v) is 13.0. The fourth-order valence-corrected chi connectivity index (χ4v) is 2.68. The highest BCUT2D eigenvalue weighted by molar-refractivity contribution is 5.49. The maximum atomic E-state index is 3.40. The lowest BCUT2D eigenvalue weighted by Crippen LogP contribution is -2.14. The largest absolute Gasteiger partial charge is 0.317 e. The molecule has 0 aliphatic rings. The summed E-state index contributed by atoms with van der Waals surface area (Å²) in [6, 6.07) is 0. The average molecular weight is 247 g/mol. The molecule has 0 unspecified atom stereocenters. The van der Waals surface area contributed by atoms with Crippen LogP contribution in [0.3, 0.4) is 0 Å². The zero-order valence-electron chi connectivity index (χ0n) is 13.0. The first kappa shape index (κ1) is 15.2. The summed E-state index contributed by atoms with van der Waals surface area (Å²) >= 11 is 0. The van der Waals surface area contributed by atoms with Crippen molar-refractivity contribution in [3.8, 4) is 0 Å². The Hall–Kier alpha value is -0.820. The van der Waals surface area contributed by atoms with Gasteiger partial charge in [-0.25, -0.2) is 0 Å². The smallest absolute Gasteiger partial charge is 0.00489 e. The van der Waals surface area contributed by atoms with E-state index in [1.807, 2.05) is 0 Å². The lowest BCUT2D eigenvalue weighted by atomic mass is 9.87. The second kappa shape index (κ2) is 6.94. The van der Waals surface area contributed by atoms with Crippen LogP contribution in [0.2, 0.25) is 0 Å². The number of unbranched alkanes of at least 4 members (excludes halogenated alkanes) is 1. The molecule has 0 fully saturated rings. The molecule has 0 aliphatic heterocycles. The molecule has 0 aromatic heterocycles. The molecule has 0 saturated carbocycles. The minimum atomic E-state index is 1.08. The van der Waals surface area contributed by atoms with Crippen LogP contribution < -0.4 is 5.32 Å². The van der Waals surface area contributed by atoms with Gasteiger partial charge in [0.2, 0.25) is 0 Å². The average Bonchev–Trinajstić information content (AvgIpc) is 2.37. The van der Waals surface area contributed by atoms with Gasteiger partial charge >= 0.3 is 0 Å². The van der Waals surface area contributed by atoms with E-state index in [-0.39, 0.29) is 0 Å². The molecule has 0 bridgehead atoms. The SMILES string of the molecule is CCNCCCCc1c(C)c(C)c(C)c(C)c1C. The van der Waals surface area contributed by atoms with Crippen molar-refractivity contribution < 1.29 is 0 Å². The van der Waals surface area contributed by atoms with Gasteiger partial charge in [0.25, 0.3) is 0 Å². The fourth-order valence-electron chi connectivity index (χ4n) is 2.68. The predicted molar refractivity (Wildman–Crippen MR) is 81.6 cm³/mol. The van der Waals surface area contributed by atoms with Gasteiger partial charge in [0.05, 0.1) is 0 Å². The van der Waals surface area contributed by atoms with E-state index in [4.69, 9.17) is 0 Å². The van der Waals surface area contributed by atoms with Gasteiger partial charge in [-0.2, -0.15) is 0 Å². The van der Waals surface area contributed by atoms with E-state index in [9.17, 15) is 0 Å². The van der Waals surface area contributed by atoms with Gasteiger partial charge in [0.1, 0.15) is 0 Å². The van der Waals surface area contributed by atoms with E-state index in [1.54, 1.807) is 5.56 Å². The topological polar surface area (TPSA) is 12.0 Å². The van der Waals surface area contributed by atoms with Gasteiger partial charge < -0.3 is 5.32 Å². The van der Waals surface area contributed by atoms with E-state index in [2.05, 4.69) is 46.9 Å². The number of hydrogen-bond acceptors (Lipinski definition) is 1. The number of benzene rings is 1. The molecule has 0 heterocycles. The minimum Gasteiger partial charge on any atom is -0.317 e. The number of hydrogen-bond donors (Lipinski definition) is 1. The molecule has 102 valence electrons. The Labute approximate surface area is 113 Å². The Bertz CT molecular complexity index is 376. The van der Waals surface area contributed by atoms with Crippen LogP contribution in [-0.2, 0) is 6.42 Å². The number of nitrogens with one attached hydrogen (secondary N) is 1. The second-order valence-electron chi connectivity index (χ2n) is 5.41. The predicted octanol–water partition coefficient (Wildman–Crippen LogP) is 4.16. The van der Waals surface area contributed by atoms with E-state index >= 15 is 0 Å². The quantitative estimate of drug-likeness (QED) is 0.744. The van der Waals surface area contributed by atoms with E-state index < -0.39 is 0 Å². The van der Waals surface area contributed by atoms with Crippen molar-refractivity contribution in [3.05, 3.63) is 33.4 Å². The van der Waals surface area contributed by atoms with Crippen molar-refractivity contribution in [2.24, 2.45) is 0 Å². The lowest BCUT2D eigenvalue weighted by molar-refractivity contribution is 0.639. The maximum Gasteiger partial charge on any atom is -0.00489 e. The Morgan fingerprint density at radius 3 is 1.72 bits per heavy atom. The first-order valence-corrected chi connectivity index (χ1v) is 7.27. The molecule has 1 rings (SSSR count). The molecule has 0 radical (unpaired) electrons. The highest BCUT2D eigenvalue weighted by Crippen LogP contribution is 2.27. The first-order chi connectivity index (χ1) is 8.50. The van der Waals surface area contributed by atoms with Crippen LogP contribution in [0.5, 0.6) is 0 Å². The molecule has 1 heteroatoms.